The molecule has 1 aliphatic heterocycles. The van der Waals surface area contributed by atoms with Crippen molar-refractivity contribution in [1.29, 1.82) is 0 Å². The fourth-order valence-electron chi connectivity index (χ4n) is 3.83. The minimum absolute atomic E-state index is 0.0424. The van der Waals surface area contributed by atoms with Crippen LogP contribution < -0.4 is 5.56 Å². The Morgan fingerprint density at radius 2 is 1.73 bits per heavy atom. The zero-order chi connectivity index (χ0) is 20.3. The maximum atomic E-state index is 13.2. The lowest BCUT2D eigenvalue weighted by atomic mass is 10.2. The number of morpholine rings is 1. The van der Waals surface area contributed by atoms with Crippen LogP contribution >= 0.6 is 11.8 Å². The minimum Gasteiger partial charge on any atom is -0.379 e. The van der Waals surface area contributed by atoms with Crippen LogP contribution in [0.25, 0.3) is 16.7 Å². The molecule has 0 spiro atoms. The zero-order valence-corrected chi connectivity index (χ0v) is 17.4. The Hall–Kier alpha value is -2.68. The van der Waals surface area contributed by atoms with Crippen molar-refractivity contribution in [2.24, 2.45) is 0 Å². The number of thioether (sulfide) groups is 1. The molecule has 4 aromatic rings. The van der Waals surface area contributed by atoms with Crippen LogP contribution in [0.15, 0.2) is 64.5 Å². The number of ether oxygens (including phenoxy) is 1. The van der Waals surface area contributed by atoms with Crippen molar-refractivity contribution < 1.29 is 4.74 Å². The first kappa shape index (κ1) is 19.3. The molecule has 0 atom stereocenters. The van der Waals surface area contributed by atoms with E-state index in [2.05, 4.69) is 15.1 Å². The van der Waals surface area contributed by atoms with E-state index in [9.17, 15) is 4.79 Å². The van der Waals surface area contributed by atoms with E-state index in [1.807, 2.05) is 59.0 Å². The Morgan fingerprint density at radius 1 is 0.967 bits per heavy atom. The van der Waals surface area contributed by atoms with Crippen LogP contribution in [0.2, 0.25) is 0 Å². The molecule has 3 heterocycles. The van der Waals surface area contributed by atoms with E-state index in [-0.39, 0.29) is 5.56 Å². The number of benzene rings is 2. The van der Waals surface area contributed by atoms with E-state index in [0.717, 1.165) is 54.8 Å². The Labute approximate surface area is 178 Å². The number of para-hydroxylation sites is 1. The van der Waals surface area contributed by atoms with Crippen LogP contribution in [0.5, 0.6) is 0 Å². The molecular formula is C22H23N5O2S. The van der Waals surface area contributed by atoms with Gasteiger partial charge in [-0.1, -0.05) is 54.2 Å². The molecule has 0 radical (unpaired) electrons. The van der Waals surface area contributed by atoms with Crippen LogP contribution in [-0.4, -0.2) is 62.7 Å². The van der Waals surface area contributed by atoms with Crippen molar-refractivity contribution in [2.45, 2.75) is 11.7 Å². The maximum Gasteiger partial charge on any atom is 0.263 e. The van der Waals surface area contributed by atoms with E-state index in [0.29, 0.717) is 17.7 Å². The molecule has 0 amide bonds. The van der Waals surface area contributed by atoms with Crippen LogP contribution in [0.4, 0.5) is 0 Å². The summed E-state index contributed by atoms with van der Waals surface area (Å²) in [5, 5.41) is 10.3. The lowest BCUT2D eigenvalue weighted by molar-refractivity contribution is 0.0410. The van der Waals surface area contributed by atoms with Crippen molar-refractivity contribution >= 4 is 28.4 Å². The first-order valence-corrected chi connectivity index (χ1v) is 11.1. The third-order valence-corrected chi connectivity index (χ3v) is 6.31. The van der Waals surface area contributed by atoms with Crippen LogP contribution in [-0.2, 0) is 11.3 Å². The van der Waals surface area contributed by atoms with Gasteiger partial charge in [0, 0.05) is 25.4 Å². The average molecular weight is 422 g/mol. The number of hydrogen-bond acceptors (Lipinski definition) is 6. The van der Waals surface area contributed by atoms with Gasteiger partial charge in [0.2, 0.25) is 5.78 Å². The van der Waals surface area contributed by atoms with Crippen molar-refractivity contribution in [1.82, 2.24) is 24.1 Å². The van der Waals surface area contributed by atoms with Crippen molar-refractivity contribution in [3.05, 3.63) is 70.5 Å². The summed E-state index contributed by atoms with van der Waals surface area (Å²) >= 11 is 1.68. The average Bonchev–Trinajstić information content (AvgIpc) is 3.22. The van der Waals surface area contributed by atoms with Gasteiger partial charge in [-0.15, -0.1) is 10.2 Å². The van der Waals surface area contributed by atoms with Crippen molar-refractivity contribution in [2.75, 3.05) is 38.6 Å². The minimum atomic E-state index is -0.0424. The Balaban J connectivity index is 1.52. The smallest absolute Gasteiger partial charge is 0.263 e. The number of hydrogen-bond donors (Lipinski definition) is 0. The topological polar surface area (TPSA) is 64.7 Å². The highest BCUT2D eigenvalue weighted by Gasteiger charge is 2.17. The maximum absolute atomic E-state index is 13.2. The Kier molecular flexibility index (Phi) is 5.52. The lowest BCUT2D eigenvalue weighted by Crippen LogP contribution is -2.37. The molecule has 2 aromatic carbocycles. The van der Waals surface area contributed by atoms with Gasteiger partial charge in [0.1, 0.15) is 0 Å². The first-order chi connectivity index (χ1) is 14.8. The summed E-state index contributed by atoms with van der Waals surface area (Å²) in [6.45, 7) is 4.99. The number of fused-ring (bicyclic) bond motifs is 3. The van der Waals surface area contributed by atoms with Gasteiger partial charge >= 0.3 is 0 Å². The molecule has 1 saturated heterocycles. The first-order valence-electron chi connectivity index (χ1n) is 10.1. The molecule has 0 N–H and O–H groups in total. The van der Waals surface area contributed by atoms with Gasteiger partial charge in [-0.3, -0.25) is 18.7 Å². The summed E-state index contributed by atoms with van der Waals surface area (Å²) in [5.74, 6) is 1.49. The second kappa shape index (κ2) is 8.59. The monoisotopic (exact) mass is 421 g/mol. The van der Waals surface area contributed by atoms with Gasteiger partial charge in [0.15, 0.2) is 5.16 Å². The van der Waals surface area contributed by atoms with E-state index < -0.39 is 0 Å². The fraction of sp³-hybridized carbons (Fsp3) is 0.318. The molecule has 154 valence electrons. The zero-order valence-electron chi connectivity index (χ0n) is 16.6. The Bertz CT molecular complexity index is 1210. The molecule has 1 aliphatic rings. The van der Waals surface area contributed by atoms with E-state index in [4.69, 9.17) is 4.74 Å². The largest absolute Gasteiger partial charge is 0.379 e. The molecule has 2 aromatic heterocycles. The molecule has 1 fully saturated rings. The predicted molar refractivity (Wildman–Crippen MR) is 118 cm³/mol. The molecule has 0 bridgehead atoms. The molecule has 8 heteroatoms. The molecule has 30 heavy (non-hydrogen) atoms. The molecule has 0 saturated carbocycles. The fourth-order valence-corrected chi connectivity index (χ4v) is 4.77. The van der Waals surface area contributed by atoms with Crippen LogP contribution in [0.1, 0.15) is 5.56 Å². The molecule has 0 aliphatic carbocycles. The lowest BCUT2D eigenvalue weighted by Gasteiger charge is -2.26. The highest BCUT2D eigenvalue weighted by molar-refractivity contribution is 7.99. The van der Waals surface area contributed by atoms with E-state index >= 15 is 0 Å². The molecule has 5 rings (SSSR count). The number of aromatic nitrogens is 4. The van der Waals surface area contributed by atoms with Crippen molar-refractivity contribution in [3.8, 4) is 0 Å². The summed E-state index contributed by atoms with van der Waals surface area (Å²) in [7, 11) is 0. The second-order valence-corrected chi connectivity index (χ2v) is 8.38. The predicted octanol–water partition coefficient (Wildman–Crippen LogP) is 2.52. The highest BCUT2D eigenvalue weighted by atomic mass is 32.2. The van der Waals surface area contributed by atoms with Gasteiger partial charge in [-0.05, 0) is 17.7 Å². The van der Waals surface area contributed by atoms with Gasteiger partial charge in [0.25, 0.3) is 5.56 Å². The third-order valence-electron chi connectivity index (χ3n) is 5.40. The Morgan fingerprint density at radius 3 is 2.57 bits per heavy atom. The summed E-state index contributed by atoms with van der Waals surface area (Å²) < 4.78 is 9.16. The molecule has 0 unspecified atom stereocenters. The normalized spacial score (nSPS) is 15.2. The van der Waals surface area contributed by atoms with Gasteiger partial charge in [0.05, 0.1) is 30.7 Å². The standard InChI is InChI=1S/C22H23N5O2S/c28-20-18-8-4-5-9-19(18)27-21(26(20)16-17-6-2-1-3-7-17)23-24-22(27)30-15-12-25-10-13-29-14-11-25/h1-9H,10-16H2. The van der Waals surface area contributed by atoms with E-state index in [1.165, 1.54) is 0 Å². The summed E-state index contributed by atoms with van der Waals surface area (Å²) in [6.07, 6.45) is 0. The number of nitrogens with zero attached hydrogens (tertiary/aromatic N) is 5. The highest BCUT2D eigenvalue weighted by Crippen LogP contribution is 2.22. The van der Waals surface area contributed by atoms with Crippen LogP contribution in [0.3, 0.4) is 0 Å². The quantitative estimate of drug-likeness (QED) is 0.446. The van der Waals surface area contributed by atoms with Gasteiger partial charge in [-0.25, -0.2) is 0 Å². The molecular weight excluding hydrogens is 398 g/mol. The SMILES string of the molecule is O=c1c2ccccc2n2c(SCCN3CCOCC3)nnc2n1Cc1ccccc1. The summed E-state index contributed by atoms with van der Waals surface area (Å²) in [4.78, 5) is 15.6. The van der Waals surface area contributed by atoms with Crippen molar-refractivity contribution in [3.63, 3.8) is 0 Å². The summed E-state index contributed by atoms with van der Waals surface area (Å²) in [5.41, 5.74) is 1.86. The summed E-state index contributed by atoms with van der Waals surface area (Å²) in [6, 6.07) is 17.7. The molecule has 7 nitrogen and oxygen atoms in total. The van der Waals surface area contributed by atoms with E-state index in [1.54, 1.807) is 16.3 Å². The second-order valence-electron chi connectivity index (χ2n) is 7.31. The number of rotatable bonds is 6. The van der Waals surface area contributed by atoms with Crippen LogP contribution in [0, 0.1) is 0 Å². The third kappa shape index (κ3) is 3.74. The van der Waals surface area contributed by atoms with Gasteiger partial charge in [-0.2, -0.15) is 0 Å². The van der Waals surface area contributed by atoms with Gasteiger partial charge < -0.3 is 4.74 Å².